The first kappa shape index (κ1) is 14.4. The number of nitrogens with zero attached hydrogens (tertiary/aromatic N) is 1. The summed E-state index contributed by atoms with van der Waals surface area (Å²) in [7, 11) is 0. The van der Waals surface area contributed by atoms with Crippen molar-refractivity contribution in [2.75, 3.05) is 6.54 Å². The van der Waals surface area contributed by atoms with Crippen LogP contribution in [0.3, 0.4) is 0 Å². The van der Waals surface area contributed by atoms with E-state index in [1.165, 1.54) is 25.7 Å². The molecule has 2 rings (SSSR count). The van der Waals surface area contributed by atoms with Crippen molar-refractivity contribution in [3.63, 3.8) is 0 Å². The fourth-order valence-electron chi connectivity index (χ4n) is 3.63. The molecule has 1 N–H and O–H groups in total. The molecule has 1 aliphatic carbocycles. The van der Waals surface area contributed by atoms with Gasteiger partial charge in [-0.1, -0.05) is 26.7 Å². The molecule has 0 aromatic heterocycles. The molecule has 1 saturated heterocycles. The number of hydrogen-bond donors (Lipinski definition) is 1. The molecule has 0 radical (unpaired) electrons. The molecule has 4 nitrogen and oxygen atoms in total. The van der Waals surface area contributed by atoms with Gasteiger partial charge in [-0.15, -0.1) is 0 Å². The third-order valence-corrected chi connectivity index (χ3v) is 5.01. The summed E-state index contributed by atoms with van der Waals surface area (Å²) in [5.41, 5.74) is -0.619. The van der Waals surface area contributed by atoms with Crippen LogP contribution in [0.4, 0.5) is 0 Å². The Kier molecular flexibility index (Phi) is 4.16. The van der Waals surface area contributed by atoms with E-state index in [0.717, 1.165) is 6.54 Å². The van der Waals surface area contributed by atoms with Crippen molar-refractivity contribution < 1.29 is 9.59 Å². The normalized spacial score (nSPS) is 27.7. The molecule has 4 heteroatoms. The van der Waals surface area contributed by atoms with E-state index in [1.807, 2.05) is 18.7 Å². The van der Waals surface area contributed by atoms with E-state index in [2.05, 4.69) is 5.32 Å². The van der Waals surface area contributed by atoms with E-state index >= 15 is 0 Å². The maximum atomic E-state index is 12.5. The van der Waals surface area contributed by atoms with Crippen molar-refractivity contribution in [2.24, 2.45) is 5.92 Å². The zero-order valence-corrected chi connectivity index (χ0v) is 12.4. The first-order chi connectivity index (χ1) is 9.05. The van der Waals surface area contributed by atoms with Crippen LogP contribution >= 0.6 is 0 Å². The third kappa shape index (κ3) is 2.37. The lowest BCUT2D eigenvalue weighted by Crippen LogP contribution is -2.70. The molecule has 2 aliphatic rings. The monoisotopic (exact) mass is 266 g/mol. The maximum Gasteiger partial charge on any atom is 0.246 e. The highest BCUT2D eigenvalue weighted by atomic mass is 16.2. The van der Waals surface area contributed by atoms with Crippen LogP contribution in [0.1, 0.15) is 59.3 Å². The second-order valence-corrected chi connectivity index (χ2v) is 6.03. The first-order valence-corrected chi connectivity index (χ1v) is 7.67. The first-order valence-electron chi connectivity index (χ1n) is 7.67. The van der Waals surface area contributed by atoms with E-state index in [9.17, 15) is 9.59 Å². The molecule has 2 amide bonds. The van der Waals surface area contributed by atoms with Gasteiger partial charge in [-0.2, -0.15) is 0 Å². The van der Waals surface area contributed by atoms with Crippen molar-refractivity contribution in [2.45, 2.75) is 70.9 Å². The van der Waals surface area contributed by atoms with E-state index in [1.54, 1.807) is 6.92 Å². The van der Waals surface area contributed by atoms with Gasteiger partial charge in [-0.05, 0) is 38.5 Å². The van der Waals surface area contributed by atoms with Crippen LogP contribution < -0.4 is 5.32 Å². The van der Waals surface area contributed by atoms with Crippen molar-refractivity contribution in [1.29, 1.82) is 0 Å². The Hall–Kier alpha value is -1.06. The van der Waals surface area contributed by atoms with Crippen molar-refractivity contribution in [1.82, 2.24) is 10.2 Å². The number of piperazine rings is 1. The molecule has 1 atom stereocenters. The number of rotatable bonds is 4. The fourth-order valence-corrected chi connectivity index (χ4v) is 3.63. The standard InChI is InChI=1S/C15H26N2O2/c1-4-15(5-2)14(19)16-11(3)13(18)17(15)10-12-8-6-7-9-12/h11-12H,4-10H2,1-3H3,(H,16,19). The van der Waals surface area contributed by atoms with Gasteiger partial charge < -0.3 is 10.2 Å². The van der Waals surface area contributed by atoms with Crippen LogP contribution in [-0.2, 0) is 9.59 Å². The zero-order chi connectivity index (χ0) is 14.0. The minimum atomic E-state index is -0.619. The minimum absolute atomic E-state index is 0.0302. The Balaban J connectivity index is 2.25. The minimum Gasteiger partial charge on any atom is -0.343 e. The largest absolute Gasteiger partial charge is 0.343 e. The Morgan fingerprint density at radius 2 is 1.79 bits per heavy atom. The zero-order valence-electron chi connectivity index (χ0n) is 12.4. The maximum absolute atomic E-state index is 12.5. The Labute approximate surface area is 115 Å². The molecular weight excluding hydrogens is 240 g/mol. The van der Waals surface area contributed by atoms with Crippen LogP contribution in [0.25, 0.3) is 0 Å². The van der Waals surface area contributed by atoms with Crippen LogP contribution in [0.5, 0.6) is 0 Å². The van der Waals surface area contributed by atoms with Gasteiger partial charge in [0.15, 0.2) is 0 Å². The molecule has 0 aromatic rings. The van der Waals surface area contributed by atoms with Gasteiger partial charge in [-0.25, -0.2) is 0 Å². The summed E-state index contributed by atoms with van der Waals surface area (Å²) in [6, 6.07) is -0.375. The topological polar surface area (TPSA) is 49.4 Å². The highest BCUT2D eigenvalue weighted by Gasteiger charge is 2.49. The van der Waals surface area contributed by atoms with Crippen molar-refractivity contribution in [3.05, 3.63) is 0 Å². The Morgan fingerprint density at radius 1 is 1.21 bits per heavy atom. The molecule has 108 valence electrons. The Bertz CT molecular complexity index is 357. The molecule has 0 spiro atoms. The predicted molar refractivity (Wildman–Crippen MR) is 74.6 cm³/mol. The second-order valence-electron chi connectivity index (χ2n) is 6.03. The lowest BCUT2D eigenvalue weighted by molar-refractivity contribution is -0.158. The molecule has 1 unspecified atom stereocenters. The number of nitrogens with one attached hydrogen (secondary N) is 1. The van der Waals surface area contributed by atoms with Crippen LogP contribution in [0, 0.1) is 5.92 Å². The number of amides is 2. The van der Waals surface area contributed by atoms with Gasteiger partial charge in [0.05, 0.1) is 0 Å². The van der Waals surface area contributed by atoms with E-state index < -0.39 is 5.54 Å². The predicted octanol–water partition coefficient (Wildman–Crippen LogP) is 2.08. The molecule has 1 aliphatic heterocycles. The number of hydrogen-bond acceptors (Lipinski definition) is 2. The van der Waals surface area contributed by atoms with E-state index in [4.69, 9.17) is 0 Å². The van der Waals surface area contributed by atoms with Gasteiger partial charge in [0.25, 0.3) is 0 Å². The lowest BCUT2D eigenvalue weighted by Gasteiger charge is -2.48. The van der Waals surface area contributed by atoms with Gasteiger partial charge in [0.1, 0.15) is 11.6 Å². The average Bonchev–Trinajstić information content (AvgIpc) is 2.90. The third-order valence-electron chi connectivity index (χ3n) is 5.01. The van der Waals surface area contributed by atoms with Gasteiger partial charge in [0.2, 0.25) is 11.8 Å². The lowest BCUT2D eigenvalue weighted by atomic mass is 9.85. The summed E-state index contributed by atoms with van der Waals surface area (Å²) in [6.45, 7) is 6.57. The number of carbonyl (C=O) groups excluding carboxylic acids is 2. The highest BCUT2D eigenvalue weighted by Crippen LogP contribution is 2.33. The second kappa shape index (κ2) is 5.51. The average molecular weight is 266 g/mol. The fraction of sp³-hybridized carbons (Fsp3) is 0.867. The molecule has 0 bridgehead atoms. The molecule has 0 aromatic carbocycles. The molecular formula is C15H26N2O2. The Morgan fingerprint density at radius 3 is 2.32 bits per heavy atom. The SMILES string of the molecule is CCC1(CC)C(=O)NC(C)C(=O)N1CC1CCCC1. The molecule has 2 fully saturated rings. The summed E-state index contributed by atoms with van der Waals surface area (Å²) in [5.74, 6) is 0.706. The van der Waals surface area contributed by atoms with E-state index in [-0.39, 0.29) is 17.9 Å². The number of carbonyl (C=O) groups is 2. The van der Waals surface area contributed by atoms with E-state index in [0.29, 0.717) is 18.8 Å². The summed E-state index contributed by atoms with van der Waals surface area (Å²) in [6.07, 6.45) is 6.31. The molecule has 19 heavy (non-hydrogen) atoms. The van der Waals surface area contributed by atoms with Crippen LogP contribution in [0.2, 0.25) is 0 Å². The summed E-state index contributed by atoms with van der Waals surface area (Å²) < 4.78 is 0. The van der Waals surface area contributed by atoms with Gasteiger partial charge in [-0.3, -0.25) is 9.59 Å². The summed E-state index contributed by atoms with van der Waals surface area (Å²) in [5, 5.41) is 2.85. The summed E-state index contributed by atoms with van der Waals surface area (Å²) >= 11 is 0. The van der Waals surface area contributed by atoms with Gasteiger partial charge in [0, 0.05) is 6.54 Å². The van der Waals surface area contributed by atoms with Crippen molar-refractivity contribution >= 4 is 11.8 Å². The highest BCUT2D eigenvalue weighted by molar-refractivity contribution is 5.99. The smallest absolute Gasteiger partial charge is 0.246 e. The van der Waals surface area contributed by atoms with Crippen LogP contribution in [0.15, 0.2) is 0 Å². The summed E-state index contributed by atoms with van der Waals surface area (Å²) in [4.78, 5) is 26.8. The molecule has 1 heterocycles. The van der Waals surface area contributed by atoms with Gasteiger partial charge >= 0.3 is 0 Å². The van der Waals surface area contributed by atoms with Crippen LogP contribution in [-0.4, -0.2) is 34.8 Å². The quantitative estimate of drug-likeness (QED) is 0.847. The van der Waals surface area contributed by atoms with Crippen molar-refractivity contribution in [3.8, 4) is 0 Å². The molecule has 1 saturated carbocycles.